The molecular formula is C9H10N2O5S. The van der Waals surface area contributed by atoms with Crippen molar-refractivity contribution in [2.45, 2.75) is 11.3 Å². The Labute approximate surface area is 97.3 Å². The number of benzene rings is 1. The standard InChI is InChI=1S/C9H10N2O5S/c10-17(15,16)7-3-1-6(2-4-7)11-8(12)5-9(13)14/h1-4H,5H2,(H,11,12)(H,13,14)(H2,10,15,16). The number of carbonyl (C=O) groups excluding carboxylic acids is 1. The Morgan fingerprint density at radius 1 is 1.24 bits per heavy atom. The Morgan fingerprint density at radius 3 is 2.18 bits per heavy atom. The fourth-order valence-electron chi connectivity index (χ4n) is 1.07. The van der Waals surface area contributed by atoms with Crippen LogP contribution in [0.1, 0.15) is 6.42 Å². The lowest BCUT2D eigenvalue weighted by Gasteiger charge is -2.04. The molecule has 0 saturated heterocycles. The van der Waals surface area contributed by atoms with Crippen LogP contribution in [0.3, 0.4) is 0 Å². The van der Waals surface area contributed by atoms with Crippen LogP contribution in [0.25, 0.3) is 0 Å². The number of primary sulfonamides is 1. The van der Waals surface area contributed by atoms with E-state index in [1.807, 2.05) is 0 Å². The van der Waals surface area contributed by atoms with Crippen molar-refractivity contribution in [3.05, 3.63) is 24.3 Å². The number of nitrogens with one attached hydrogen (secondary N) is 1. The van der Waals surface area contributed by atoms with Crippen LogP contribution < -0.4 is 10.5 Å². The van der Waals surface area contributed by atoms with Gasteiger partial charge in [0.2, 0.25) is 15.9 Å². The second kappa shape index (κ2) is 4.93. The van der Waals surface area contributed by atoms with Crippen LogP contribution in [0.4, 0.5) is 5.69 Å². The number of anilines is 1. The Hall–Kier alpha value is -1.93. The van der Waals surface area contributed by atoms with E-state index in [4.69, 9.17) is 10.2 Å². The lowest BCUT2D eigenvalue weighted by atomic mass is 10.3. The summed E-state index contributed by atoms with van der Waals surface area (Å²) >= 11 is 0. The van der Waals surface area contributed by atoms with E-state index in [-0.39, 0.29) is 4.90 Å². The number of hydrogen-bond donors (Lipinski definition) is 3. The highest BCUT2D eigenvalue weighted by Gasteiger charge is 2.09. The molecule has 0 radical (unpaired) electrons. The third-order valence-electron chi connectivity index (χ3n) is 1.78. The summed E-state index contributed by atoms with van der Waals surface area (Å²) in [6.45, 7) is 0. The molecule has 0 aliphatic rings. The van der Waals surface area contributed by atoms with Crippen molar-refractivity contribution >= 4 is 27.6 Å². The minimum absolute atomic E-state index is 0.0891. The molecule has 0 fully saturated rings. The molecule has 8 heteroatoms. The summed E-state index contributed by atoms with van der Waals surface area (Å²) in [6.07, 6.45) is -0.656. The smallest absolute Gasteiger partial charge is 0.312 e. The van der Waals surface area contributed by atoms with Gasteiger partial charge in [-0.1, -0.05) is 0 Å². The van der Waals surface area contributed by atoms with Crippen LogP contribution in [-0.4, -0.2) is 25.4 Å². The summed E-state index contributed by atoms with van der Waals surface area (Å²) < 4.78 is 21.8. The van der Waals surface area contributed by atoms with Crippen molar-refractivity contribution < 1.29 is 23.1 Å². The zero-order valence-corrected chi connectivity index (χ0v) is 9.40. The van der Waals surface area contributed by atoms with E-state index in [0.29, 0.717) is 5.69 Å². The maximum Gasteiger partial charge on any atom is 0.312 e. The van der Waals surface area contributed by atoms with Crippen molar-refractivity contribution in [2.24, 2.45) is 5.14 Å². The molecule has 1 amide bonds. The maximum absolute atomic E-state index is 11.1. The average Bonchev–Trinajstić information content (AvgIpc) is 2.15. The highest BCUT2D eigenvalue weighted by Crippen LogP contribution is 2.12. The quantitative estimate of drug-likeness (QED) is 0.641. The van der Waals surface area contributed by atoms with E-state index in [0.717, 1.165) is 0 Å². The third kappa shape index (κ3) is 4.21. The van der Waals surface area contributed by atoms with Crippen LogP contribution in [0, 0.1) is 0 Å². The molecule has 0 atom stereocenters. The van der Waals surface area contributed by atoms with Crippen molar-refractivity contribution in [1.29, 1.82) is 0 Å². The fourth-order valence-corrected chi connectivity index (χ4v) is 1.59. The normalized spacial score (nSPS) is 10.9. The highest BCUT2D eigenvalue weighted by atomic mass is 32.2. The minimum atomic E-state index is -3.77. The number of carboxylic acid groups (broad SMARTS) is 1. The number of rotatable bonds is 4. The molecule has 1 aromatic carbocycles. The third-order valence-corrected chi connectivity index (χ3v) is 2.71. The van der Waals surface area contributed by atoms with Gasteiger partial charge in [0.15, 0.2) is 0 Å². The first kappa shape index (κ1) is 13.1. The predicted molar refractivity (Wildman–Crippen MR) is 58.7 cm³/mol. The molecule has 17 heavy (non-hydrogen) atoms. The van der Waals surface area contributed by atoms with Crippen LogP contribution >= 0.6 is 0 Å². The summed E-state index contributed by atoms with van der Waals surface area (Å²) in [5, 5.41) is 15.5. The first-order valence-corrected chi connectivity index (χ1v) is 5.98. The molecule has 0 bridgehead atoms. The van der Waals surface area contributed by atoms with Gasteiger partial charge in [-0.2, -0.15) is 0 Å². The first-order chi connectivity index (χ1) is 7.79. The second-order valence-electron chi connectivity index (χ2n) is 3.19. The van der Waals surface area contributed by atoms with Crippen LogP contribution in [0.15, 0.2) is 29.2 Å². The van der Waals surface area contributed by atoms with Gasteiger partial charge in [0.25, 0.3) is 0 Å². The Bertz CT molecular complexity index is 535. The van der Waals surface area contributed by atoms with Gasteiger partial charge in [-0.05, 0) is 24.3 Å². The first-order valence-electron chi connectivity index (χ1n) is 4.43. The van der Waals surface area contributed by atoms with Crippen molar-refractivity contribution in [3.63, 3.8) is 0 Å². The van der Waals surface area contributed by atoms with Gasteiger partial charge >= 0.3 is 5.97 Å². The molecule has 0 aliphatic carbocycles. The number of carboxylic acids is 1. The molecule has 1 aromatic rings. The lowest BCUT2D eigenvalue weighted by molar-refractivity contribution is -0.139. The van der Waals surface area contributed by atoms with Crippen LogP contribution in [-0.2, 0) is 19.6 Å². The number of aliphatic carboxylic acids is 1. The van der Waals surface area contributed by atoms with E-state index in [1.165, 1.54) is 24.3 Å². The minimum Gasteiger partial charge on any atom is -0.481 e. The molecule has 4 N–H and O–H groups in total. The molecule has 0 aromatic heterocycles. The number of sulfonamides is 1. The van der Waals surface area contributed by atoms with Gasteiger partial charge in [-0.15, -0.1) is 0 Å². The van der Waals surface area contributed by atoms with Crippen molar-refractivity contribution in [3.8, 4) is 0 Å². The van der Waals surface area contributed by atoms with E-state index < -0.39 is 28.3 Å². The number of carbonyl (C=O) groups is 2. The molecule has 7 nitrogen and oxygen atoms in total. The van der Waals surface area contributed by atoms with Gasteiger partial charge in [0.1, 0.15) is 6.42 Å². The summed E-state index contributed by atoms with van der Waals surface area (Å²) in [6, 6.07) is 5.07. The molecule has 0 saturated carbocycles. The molecule has 92 valence electrons. The van der Waals surface area contributed by atoms with Crippen LogP contribution in [0.5, 0.6) is 0 Å². The zero-order valence-electron chi connectivity index (χ0n) is 8.58. The number of nitrogens with two attached hydrogens (primary N) is 1. The van der Waals surface area contributed by atoms with Gasteiger partial charge in [0.05, 0.1) is 4.90 Å². The Morgan fingerprint density at radius 2 is 1.76 bits per heavy atom. The molecule has 0 heterocycles. The Kier molecular flexibility index (Phi) is 3.81. The van der Waals surface area contributed by atoms with E-state index >= 15 is 0 Å². The van der Waals surface area contributed by atoms with E-state index in [9.17, 15) is 18.0 Å². The molecule has 0 unspecified atom stereocenters. The maximum atomic E-state index is 11.1. The fraction of sp³-hybridized carbons (Fsp3) is 0.111. The van der Waals surface area contributed by atoms with Crippen molar-refractivity contribution in [1.82, 2.24) is 0 Å². The van der Waals surface area contributed by atoms with Crippen molar-refractivity contribution in [2.75, 3.05) is 5.32 Å². The van der Waals surface area contributed by atoms with Crippen LogP contribution in [0.2, 0.25) is 0 Å². The Balaban J connectivity index is 2.76. The highest BCUT2D eigenvalue weighted by molar-refractivity contribution is 7.89. The number of amides is 1. The molecule has 1 rings (SSSR count). The zero-order chi connectivity index (χ0) is 13.1. The topological polar surface area (TPSA) is 127 Å². The predicted octanol–water partition coefficient (Wildman–Crippen LogP) is -0.253. The van der Waals surface area contributed by atoms with E-state index in [1.54, 1.807) is 0 Å². The average molecular weight is 258 g/mol. The van der Waals surface area contributed by atoms with Gasteiger partial charge < -0.3 is 10.4 Å². The SMILES string of the molecule is NS(=O)(=O)c1ccc(NC(=O)CC(=O)O)cc1. The summed E-state index contributed by atoms with van der Waals surface area (Å²) in [7, 11) is -3.77. The van der Waals surface area contributed by atoms with Gasteiger partial charge in [-0.3, -0.25) is 9.59 Å². The largest absolute Gasteiger partial charge is 0.481 e. The molecule has 0 aliphatic heterocycles. The van der Waals surface area contributed by atoms with E-state index in [2.05, 4.69) is 5.32 Å². The molecule has 0 spiro atoms. The summed E-state index contributed by atoms with van der Waals surface area (Å²) in [4.78, 5) is 21.2. The van der Waals surface area contributed by atoms with Gasteiger partial charge in [-0.25, -0.2) is 13.6 Å². The lowest BCUT2D eigenvalue weighted by Crippen LogP contribution is -2.16. The number of hydrogen-bond acceptors (Lipinski definition) is 4. The molecular weight excluding hydrogens is 248 g/mol. The summed E-state index contributed by atoms with van der Waals surface area (Å²) in [5.41, 5.74) is 0.295. The summed E-state index contributed by atoms with van der Waals surface area (Å²) in [5.74, 6) is -1.94. The van der Waals surface area contributed by atoms with Gasteiger partial charge in [0, 0.05) is 5.69 Å². The monoisotopic (exact) mass is 258 g/mol. The second-order valence-corrected chi connectivity index (χ2v) is 4.75.